The van der Waals surface area contributed by atoms with Gasteiger partial charge in [0.2, 0.25) is 0 Å². The number of aromatic nitrogens is 1. The van der Waals surface area contributed by atoms with Crippen LogP contribution in [0, 0.1) is 0 Å². The van der Waals surface area contributed by atoms with Gasteiger partial charge in [-0.25, -0.2) is 0 Å². The number of rotatable bonds is 1. The van der Waals surface area contributed by atoms with Crippen molar-refractivity contribution in [2.45, 2.75) is 31.6 Å². The largest absolute Gasteiger partial charge is 0.361 e. The molecule has 1 aliphatic heterocycles. The van der Waals surface area contributed by atoms with Crippen molar-refractivity contribution < 1.29 is 4.52 Å². The molecule has 2 heterocycles. The number of hydrogen-bond acceptors (Lipinski definition) is 3. The van der Waals surface area contributed by atoms with Crippen LogP contribution in [0.15, 0.2) is 4.52 Å². The lowest BCUT2D eigenvalue weighted by Gasteiger charge is -2.26. The number of fused-ring (bicyclic) bond motifs is 1. The van der Waals surface area contributed by atoms with E-state index in [1.54, 1.807) is 0 Å². The summed E-state index contributed by atoms with van der Waals surface area (Å²) in [5.74, 6) is 1.79. The molecule has 3 nitrogen and oxygen atoms in total. The highest BCUT2D eigenvalue weighted by Gasteiger charge is 2.28. The maximum absolute atomic E-state index is 5.37. The molecule has 2 aliphatic rings. The molecule has 1 N–H and O–H groups in total. The minimum absolute atomic E-state index is 0.630. The van der Waals surface area contributed by atoms with E-state index in [-0.39, 0.29) is 0 Å². The summed E-state index contributed by atoms with van der Waals surface area (Å²) in [7, 11) is 0. The highest BCUT2D eigenvalue weighted by atomic mass is 16.5. The molecule has 1 fully saturated rings. The fourth-order valence-electron chi connectivity index (χ4n) is 2.21. The fraction of sp³-hybridized carbons (Fsp3) is 0.700. The normalized spacial score (nSPS) is 22.5. The molecule has 0 spiro atoms. The standard InChI is InChI=1S/C10H14N2O/c1-2-4-9-8(3-1)10(12-13-9)7-5-11-6-7/h7,11H,1-6H2. The number of nitrogens with one attached hydrogen (secondary N) is 1. The summed E-state index contributed by atoms with van der Waals surface area (Å²) in [5.41, 5.74) is 2.67. The van der Waals surface area contributed by atoms with Crippen LogP contribution in [0.4, 0.5) is 0 Å². The summed E-state index contributed by atoms with van der Waals surface area (Å²) < 4.78 is 5.37. The quantitative estimate of drug-likeness (QED) is 0.703. The first-order valence-corrected chi connectivity index (χ1v) is 5.13. The van der Waals surface area contributed by atoms with Crippen LogP contribution < -0.4 is 5.32 Å². The van der Waals surface area contributed by atoms with E-state index in [0.29, 0.717) is 5.92 Å². The van der Waals surface area contributed by atoms with Gasteiger partial charge in [-0.15, -0.1) is 0 Å². The van der Waals surface area contributed by atoms with Crippen LogP contribution >= 0.6 is 0 Å². The van der Waals surface area contributed by atoms with Gasteiger partial charge in [0.15, 0.2) is 0 Å². The topological polar surface area (TPSA) is 38.1 Å². The lowest BCUT2D eigenvalue weighted by Crippen LogP contribution is -2.40. The summed E-state index contributed by atoms with van der Waals surface area (Å²) in [6.45, 7) is 2.16. The second kappa shape index (κ2) is 2.84. The third-order valence-corrected chi connectivity index (χ3v) is 3.15. The number of hydrogen-bond donors (Lipinski definition) is 1. The van der Waals surface area contributed by atoms with E-state index in [1.165, 1.54) is 30.5 Å². The van der Waals surface area contributed by atoms with E-state index in [2.05, 4.69) is 10.5 Å². The Balaban J connectivity index is 1.95. The Hall–Kier alpha value is -0.830. The molecular weight excluding hydrogens is 164 g/mol. The summed E-state index contributed by atoms with van der Waals surface area (Å²) in [6.07, 6.45) is 4.86. The van der Waals surface area contributed by atoms with Crippen molar-refractivity contribution in [3.05, 3.63) is 17.0 Å². The highest BCUT2D eigenvalue weighted by Crippen LogP contribution is 2.30. The van der Waals surface area contributed by atoms with Crippen molar-refractivity contribution >= 4 is 0 Å². The molecular formula is C10H14N2O. The molecule has 3 rings (SSSR count). The van der Waals surface area contributed by atoms with Gasteiger partial charge in [0.1, 0.15) is 5.76 Å². The second-order valence-corrected chi connectivity index (χ2v) is 4.03. The van der Waals surface area contributed by atoms with Crippen molar-refractivity contribution in [1.29, 1.82) is 0 Å². The maximum atomic E-state index is 5.37. The van der Waals surface area contributed by atoms with Crippen LogP contribution in [-0.2, 0) is 12.8 Å². The summed E-state index contributed by atoms with van der Waals surface area (Å²) in [6, 6.07) is 0. The Bertz CT molecular complexity index is 315. The van der Waals surface area contributed by atoms with Crippen LogP contribution in [0.25, 0.3) is 0 Å². The van der Waals surface area contributed by atoms with Crippen LogP contribution in [0.1, 0.15) is 35.8 Å². The molecule has 1 aromatic heterocycles. The number of aryl methyl sites for hydroxylation is 1. The van der Waals surface area contributed by atoms with Crippen LogP contribution in [0.5, 0.6) is 0 Å². The average molecular weight is 178 g/mol. The van der Waals surface area contributed by atoms with E-state index in [4.69, 9.17) is 4.52 Å². The van der Waals surface area contributed by atoms with Gasteiger partial charge < -0.3 is 9.84 Å². The van der Waals surface area contributed by atoms with Gasteiger partial charge in [0, 0.05) is 31.0 Å². The predicted octanol–water partition coefficient (Wildman–Crippen LogP) is 1.24. The molecule has 0 atom stereocenters. The maximum Gasteiger partial charge on any atom is 0.140 e. The fourth-order valence-corrected chi connectivity index (χ4v) is 2.21. The van der Waals surface area contributed by atoms with Gasteiger partial charge in [-0.05, 0) is 19.3 Å². The summed E-state index contributed by atoms with van der Waals surface area (Å²) in [4.78, 5) is 0. The highest BCUT2D eigenvalue weighted by molar-refractivity contribution is 5.29. The Kier molecular flexibility index (Phi) is 1.65. The van der Waals surface area contributed by atoms with Gasteiger partial charge in [0.25, 0.3) is 0 Å². The Morgan fingerprint density at radius 3 is 2.85 bits per heavy atom. The summed E-state index contributed by atoms with van der Waals surface area (Å²) in [5, 5.41) is 7.48. The van der Waals surface area contributed by atoms with Crippen molar-refractivity contribution in [2.75, 3.05) is 13.1 Å². The third kappa shape index (κ3) is 1.10. The van der Waals surface area contributed by atoms with Gasteiger partial charge in [-0.3, -0.25) is 0 Å². The van der Waals surface area contributed by atoms with Gasteiger partial charge in [0.05, 0.1) is 5.69 Å². The molecule has 0 amide bonds. The lowest BCUT2D eigenvalue weighted by atomic mass is 9.89. The minimum Gasteiger partial charge on any atom is -0.361 e. The first-order valence-electron chi connectivity index (χ1n) is 5.13. The lowest BCUT2D eigenvalue weighted by molar-refractivity contribution is 0.352. The smallest absolute Gasteiger partial charge is 0.140 e. The molecule has 0 radical (unpaired) electrons. The van der Waals surface area contributed by atoms with Gasteiger partial charge in [-0.2, -0.15) is 0 Å². The minimum atomic E-state index is 0.630. The van der Waals surface area contributed by atoms with E-state index < -0.39 is 0 Å². The van der Waals surface area contributed by atoms with Crippen molar-refractivity contribution in [3.8, 4) is 0 Å². The van der Waals surface area contributed by atoms with Crippen molar-refractivity contribution in [1.82, 2.24) is 10.5 Å². The molecule has 0 unspecified atom stereocenters. The van der Waals surface area contributed by atoms with Crippen LogP contribution in [-0.4, -0.2) is 18.2 Å². The Morgan fingerprint density at radius 1 is 1.23 bits per heavy atom. The monoisotopic (exact) mass is 178 g/mol. The van der Waals surface area contributed by atoms with Crippen molar-refractivity contribution in [3.63, 3.8) is 0 Å². The molecule has 1 saturated heterocycles. The molecule has 0 saturated carbocycles. The average Bonchev–Trinajstić information content (AvgIpc) is 2.47. The van der Waals surface area contributed by atoms with E-state index in [0.717, 1.165) is 25.3 Å². The molecule has 70 valence electrons. The molecule has 1 aliphatic carbocycles. The van der Waals surface area contributed by atoms with Gasteiger partial charge >= 0.3 is 0 Å². The predicted molar refractivity (Wildman–Crippen MR) is 48.8 cm³/mol. The number of nitrogens with zero attached hydrogens (tertiary/aromatic N) is 1. The molecule has 1 aromatic rings. The Morgan fingerprint density at radius 2 is 2.08 bits per heavy atom. The van der Waals surface area contributed by atoms with Crippen molar-refractivity contribution in [2.24, 2.45) is 0 Å². The molecule has 13 heavy (non-hydrogen) atoms. The van der Waals surface area contributed by atoms with Crippen LogP contribution in [0.2, 0.25) is 0 Å². The van der Waals surface area contributed by atoms with E-state index in [9.17, 15) is 0 Å². The molecule has 3 heteroatoms. The Labute approximate surface area is 77.5 Å². The van der Waals surface area contributed by atoms with Gasteiger partial charge in [-0.1, -0.05) is 5.16 Å². The molecule has 0 bridgehead atoms. The summed E-state index contributed by atoms with van der Waals surface area (Å²) >= 11 is 0. The van der Waals surface area contributed by atoms with E-state index in [1.807, 2.05) is 0 Å². The molecule has 0 aromatic carbocycles. The van der Waals surface area contributed by atoms with E-state index >= 15 is 0 Å². The zero-order valence-corrected chi connectivity index (χ0v) is 7.68. The second-order valence-electron chi connectivity index (χ2n) is 4.03. The zero-order valence-electron chi connectivity index (χ0n) is 7.68. The third-order valence-electron chi connectivity index (χ3n) is 3.15. The zero-order chi connectivity index (χ0) is 8.67. The first-order chi connectivity index (χ1) is 6.45. The first kappa shape index (κ1) is 7.56. The van der Waals surface area contributed by atoms with Crippen LogP contribution in [0.3, 0.4) is 0 Å². The SMILES string of the molecule is C1CCc2c(C3CNC3)noc2C1.